The molecule has 33 heavy (non-hydrogen) atoms. The number of carbonyl (C=O) groups is 2. The number of anilines is 1. The number of ketones is 1. The van der Waals surface area contributed by atoms with Crippen LogP contribution in [0.2, 0.25) is 0 Å². The molecule has 0 aliphatic carbocycles. The second-order valence-electron chi connectivity index (χ2n) is 7.43. The third-order valence-electron chi connectivity index (χ3n) is 5.27. The molecule has 1 amide bonds. The molecule has 0 radical (unpaired) electrons. The van der Waals surface area contributed by atoms with E-state index in [1.54, 1.807) is 31.2 Å². The Hall–Kier alpha value is -4.52. The average molecular weight is 440 g/mol. The molecule has 0 spiro atoms. The Morgan fingerprint density at radius 2 is 1.61 bits per heavy atom. The van der Waals surface area contributed by atoms with Gasteiger partial charge < -0.3 is 14.3 Å². The van der Waals surface area contributed by atoms with E-state index in [9.17, 15) is 14.0 Å². The van der Waals surface area contributed by atoms with Crippen molar-refractivity contribution in [1.29, 1.82) is 0 Å². The number of nitrogens with one attached hydrogen (secondary N) is 1. The van der Waals surface area contributed by atoms with Crippen LogP contribution in [0.5, 0.6) is 0 Å². The molecule has 3 aromatic carbocycles. The van der Waals surface area contributed by atoms with Crippen molar-refractivity contribution in [1.82, 2.24) is 5.16 Å². The zero-order chi connectivity index (χ0) is 22.9. The predicted molar refractivity (Wildman–Crippen MR) is 121 cm³/mol. The summed E-state index contributed by atoms with van der Waals surface area (Å²) in [5.74, 6) is -1.16. The average Bonchev–Trinajstić information content (AvgIpc) is 3.40. The standard InChI is InChI=1S/C26H17FN2O4/c1-15-21(24(33-29-15)17-7-3-2-4-8-17)26(31)28-22-19-9-5-6-10-20(19)32-25(22)23(30)16-11-13-18(27)14-12-16/h2-14H,1H3,(H,28,31). The van der Waals surface area contributed by atoms with Crippen LogP contribution in [0.1, 0.15) is 32.2 Å². The first kappa shape index (κ1) is 20.4. The van der Waals surface area contributed by atoms with Crippen LogP contribution >= 0.6 is 0 Å². The van der Waals surface area contributed by atoms with E-state index in [4.69, 9.17) is 8.94 Å². The Balaban J connectivity index is 1.58. The molecule has 0 aliphatic rings. The molecule has 6 nitrogen and oxygen atoms in total. The Morgan fingerprint density at radius 3 is 2.36 bits per heavy atom. The van der Waals surface area contributed by atoms with Crippen molar-refractivity contribution in [2.24, 2.45) is 0 Å². The van der Waals surface area contributed by atoms with E-state index >= 15 is 0 Å². The maximum Gasteiger partial charge on any atom is 0.261 e. The third kappa shape index (κ3) is 3.70. The van der Waals surface area contributed by atoms with Gasteiger partial charge in [-0.3, -0.25) is 9.59 Å². The zero-order valence-electron chi connectivity index (χ0n) is 17.5. The van der Waals surface area contributed by atoms with Gasteiger partial charge in [-0.1, -0.05) is 47.6 Å². The van der Waals surface area contributed by atoms with Crippen molar-refractivity contribution in [3.05, 3.63) is 107 Å². The van der Waals surface area contributed by atoms with Gasteiger partial charge in [0.25, 0.3) is 5.91 Å². The lowest BCUT2D eigenvalue weighted by molar-refractivity contribution is 0.101. The number of amides is 1. The Morgan fingerprint density at radius 1 is 0.909 bits per heavy atom. The minimum atomic E-state index is -0.493. The molecular formula is C26H17FN2O4. The normalized spacial score (nSPS) is 11.0. The SMILES string of the molecule is Cc1noc(-c2ccccc2)c1C(=O)Nc1c(C(=O)c2ccc(F)cc2)oc2ccccc12. The summed E-state index contributed by atoms with van der Waals surface area (Å²) >= 11 is 0. The van der Waals surface area contributed by atoms with E-state index < -0.39 is 17.5 Å². The van der Waals surface area contributed by atoms with Crippen LogP contribution in [-0.2, 0) is 0 Å². The molecule has 0 aliphatic heterocycles. The fourth-order valence-corrected chi connectivity index (χ4v) is 3.66. The van der Waals surface area contributed by atoms with Crippen LogP contribution in [0, 0.1) is 12.7 Å². The van der Waals surface area contributed by atoms with Crippen LogP contribution in [0.15, 0.2) is 87.8 Å². The number of hydrogen-bond donors (Lipinski definition) is 1. The summed E-state index contributed by atoms with van der Waals surface area (Å²) < 4.78 is 24.6. The lowest BCUT2D eigenvalue weighted by Gasteiger charge is -2.07. The van der Waals surface area contributed by atoms with Crippen molar-refractivity contribution in [3.63, 3.8) is 0 Å². The summed E-state index contributed by atoms with van der Waals surface area (Å²) in [4.78, 5) is 26.5. The van der Waals surface area contributed by atoms with Crippen LogP contribution in [0.25, 0.3) is 22.3 Å². The van der Waals surface area contributed by atoms with Gasteiger partial charge in [0.1, 0.15) is 17.0 Å². The van der Waals surface area contributed by atoms with Crippen molar-refractivity contribution < 1.29 is 22.9 Å². The number of aromatic nitrogens is 1. The maximum absolute atomic E-state index is 13.4. The van der Waals surface area contributed by atoms with Crippen LogP contribution in [0.3, 0.4) is 0 Å². The highest BCUT2D eigenvalue weighted by Crippen LogP contribution is 2.34. The van der Waals surface area contributed by atoms with Gasteiger partial charge in [0, 0.05) is 16.5 Å². The fourth-order valence-electron chi connectivity index (χ4n) is 3.66. The summed E-state index contributed by atoms with van der Waals surface area (Å²) in [5.41, 5.74) is 2.25. The first-order valence-electron chi connectivity index (χ1n) is 10.2. The van der Waals surface area contributed by atoms with Gasteiger partial charge >= 0.3 is 0 Å². The number of para-hydroxylation sites is 1. The zero-order valence-corrected chi connectivity index (χ0v) is 17.5. The highest BCUT2D eigenvalue weighted by molar-refractivity contribution is 6.19. The molecule has 162 valence electrons. The van der Waals surface area contributed by atoms with Crippen molar-refractivity contribution >= 4 is 28.3 Å². The molecule has 2 aromatic heterocycles. The van der Waals surface area contributed by atoms with E-state index in [-0.39, 0.29) is 22.6 Å². The smallest absolute Gasteiger partial charge is 0.261 e. The first-order chi connectivity index (χ1) is 16.0. The molecule has 5 aromatic rings. The highest BCUT2D eigenvalue weighted by atomic mass is 19.1. The topological polar surface area (TPSA) is 85.3 Å². The summed E-state index contributed by atoms with van der Waals surface area (Å²) in [7, 11) is 0. The molecule has 7 heteroatoms. The lowest BCUT2D eigenvalue weighted by Crippen LogP contribution is -2.15. The van der Waals surface area contributed by atoms with Crippen molar-refractivity contribution in [2.75, 3.05) is 5.32 Å². The largest absolute Gasteiger partial charge is 0.450 e. The molecule has 2 heterocycles. The van der Waals surface area contributed by atoms with Gasteiger partial charge in [0.2, 0.25) is 5.78 Å². The van der Waals surface area contributed by atoms with Gasteiger partial charge in [-0.2, -0.15) is 0 Å². The molecule has 0 saturated carbocycles. The van der Waals surface area contributed by atoms with E-state index in [0.717, 1.165) is 0 Å². The quantitative estimate of drug-likeness (QED) is 0.338. The van der Waals surface area contributed by atoms with E-state index in [1.165, 1.54) is 24.3 Å². The number of nitrogens with zero attached hydrogens (tertiary/aromatic N) is 1. The minimum absolute atomic E-state index is 0.0495. The molecule has 1 N–H and O–H groups in total. The summed E-state index contributed by atoms with van der Waals surface area (Å²) in [5, 5.41) is 7.34. The van der Waals surface area contributed by atoms with Gasteiger partial charge in [0.15, 0.2) is 11.5 Å². The predicted octanol–water partition coefficient (Wildman–Crippen LogP) is 6.02. The second kappa shape index (κ2) is 8.20. The lowest BCUT2D eigenvalue weighted by atomic mass is 10.0. The molecule has 5 rings (SSSR count). The molecule has 0 bridgehead atoms. The Labute approximate surface area is 187 Å². The monoisotopic (exact) mass is 440 g/mol. The van der Waals surface area contributed by atoms with Crippen LogP contribution in [-0.4, -0.2) is 16.8 Å². The van der Waals surface area contributed by atoms with Crippen LogP contribution in [0.4, 0.5) is 10.1 Å². The molecule has 0 fully saturated rings. The second-order valence-corrected chi connectivity index (χ2v) is 7.43. The third-order valence-corrected chi connectivity index (χ3v) is 5.27. The maximum atomic E-state index is 13.4. The Kier molecular flexibility index (Phi) is 5.06. The Bertz CT molecular complexity index is 1480. The number of fused-ring (bicyclic) bond motifs is 1. The van der Waals surface area contributed by atoms with Crippen molar-refractivity contribution in [2.45, 2.75) is 6.92 Å². The molecule has 0 atom stereocenters. The van der Waals surface area contributed by atoms with Crippen LogP contribution < -0.4 is 5.32 Å². The first-order valence-corrected chi connectivity index (χ1v) is 10.2. The highest BCUT2D eigenvalue weighted by Gasteiger charge is 2.27. The number of hydrogen-bond acceptors (Lipinski definition) is 5. The number of carbonyl (C=O) groups excluding carboxylic acids is 2. The van der Waals surface area contributed by atoms with Gasteiger partial charge in [-0.15, -0.1) is 0 Å². The van der Waals surface area contributed by atoms with Gasteiger partial charge in [-0.25, -0.2) is 4.39 Å². The number of halogens is 1. The number of benzene rings is 3. The summed E-state index contributed by atoms with van der Waals surface area (Å²) in [6.45, 7) is 1.67. The number of rotatable bonds is 5. The number of aryl methyl sites for hydroxylation is 1. The number of furan rings is 1. The van der Waals surface area contributed by atoms with Gasteiger partial charge in [0.05, 0.1) is 11.4 Å². The fraction of sp³-hybridized carbons (Fsp3) is 0.0385. The molecule has 0 unspecified atom stereocenters. The van der Waals surface area contributed by atoms with E-state index in [1.807, 2.05) is 30.3 Å². The van der Waals surface area contributed by atoms with E-state index in [0.29, 0.717) is 28.0 Å². The van der Waals surface area contributed by atoms with Gasteiger partial charge in [-0.05, 0) is 43.3 Å². The summed E-state index contributed by atoms with van der Waals surface area (Å²) in [6.07, 6.45) is 0. The summed E-state index contributed by atoms with van der Waals surface area (Å²) in [6, 6.07) is 21.3. The minimum Gasteiger partial charge on any atom is -0.450 e. The van der Waals surface area contributed by atoms with E-state index in [2.05, 4.69) is 10.5 Å². The molecule has 0 saturated heterocycles. The van der Waals surface area contributed by atoms with Crippen molar-refractivity contribution in [3.8, 4) is 11.3 Å². The molecular weight excluding hydrogens is 423 g/mol.